The van der Waals surface area contributed by atoms with Crippen molar-refractivity contribution in [3.05, 3.63) is 94.2 Å². The zero-order valence-electron chi connectivity index (χ0n) is 14.0. The van der Waals surface area contributed by atoms with Gasteiger partial charge >= 0.3 is 0 Å². The fourth-order valence-corrected chi connectivity index (χ4v) is 2.99. The van der Waals surface area contributed by atoms with Gasteiger partial charge in [-0.15, -0.1) is 0 Å². The SMILES string of the molecule is O=C(CCc1ccccn1)C(Nc1ccc(Cl)c(Cl)c1)c1ccccc1. The topological polar surface area (TPSA) is 42.0 Å². The number of ketones is 1. The number of rotatable bonds is 7. The number of carbonyl (C=O) groups is 1. The minimum Gasteiger partial charge on any atom is -0.372 e. The molecular weight excluding hydrogens is 367 g/mol. The van der Waals surface area contributed by atoms with Gasteiger partial charge in [0.2, 0.25) is 0 Å². The third-order valence-electron chi connectivity index (χ3n) is 4.04. The monoisotopic (exact) mass is 384 g/mol. The Morgan fingerprint density at radius 2 is 1.73 bits per heavy atom. The molecule has 3 rings (SSSR count). The first kappa shape index (κ1) is 18.4. The van der Waals surface area contributed by atoms with E-state index in [2.05, 4.69) is 10.3 Å². The van der Waals surface area contributed by atoms with Crippen LogP contribution in [0.15, 0.2) is 72.9 Å². The Balaban J connectivity index is 1.78. The summed E-state index contributed by atoms with van der Waals surface area (Å²) in [4.78, 5) is 17.2. The summed E-state index contributed by atoms with van der Waals surface area (Å²) in [6.45, 7) is 0. The largest absolute Gasteiger partial charge is 0.372 e. The van der Waals surface area contributed by atoms with Gasteiger partial charge in [0.15, 0.2) is 5.78 Å². The maximum absolute atomic E-state index is 12.9. The summed E-state index contributed by atoms with van der Waals surface area (Å²) >= 11 is 12.1. The van der Waals surface area contributed by atoms with Crippen molar-refractivity contribution in [1.29, 1.82) is 0 Å². The summed E-state index contributed by atoms with van der Waals surface area (Å²) in [5.74, 6) is 0.0907. The summed E-state index contributed by atoms with van der Waals surface area (Å²) in [7, 11) is 0. The molecule has 0 saturated heterocycles. The van der Waals surface area contributed by atoms with Crippen molar-refractivity contribution in [2.75, 3.05) is 5.32 Å². The van der Waals surface area contributed by atoms with Crippen LogP contribution in [0.4, 0.5) is 5.69 Å². The van der Waals surface area contributed by atoms with E-state index in [0.29, 0.717) is 22.9 Å². The fraction of sp³-hybridized carbons (Fsp3) is 0.143. The minimum absolute atomic E-state index is 0.0907. The Hall–Kier alpha value is -2.36. The Bertz CT molecular complexity index is 870. The molecule has 0 radical (unpaired) electrons. The number of nitrogens with zero attached hydrogens (tertiary/aromatic N) is 1. The van der Waals surface area contributed by atoms with Crippen LogP contribution >= 0.6 is 23.2 Å². The standard InChI is InChI=1S/C21H18Cl2N2O/c22-18-11-9-17(14-19(18)23)25-21(15-6-2-1-3-7-15)20(26)12-10-16-8-4-5-13-24-16/h1-9,11,13-14,21,25H,10,12H2. The number of anilines is 1. The summed E-state index contributed by atoms with van der Waals surface area (Å²) in [5.41, 5.74) is 2.56. The number of carbonyl (C=O) groups excluding carboxylic acids is 1. The summed E-state index contributed by atoms with van der Waals surface area (Å²) < 4.78 is 0. The van der Waals surface area contributed by atoms with E-state index < -0.39 is 6.04 Å². The molecule has 1 unspecified atom stereocenters. The van der Waals surface area contributed by atoms with E-state index in [1.165, 1.54) is 0 Å². The lowest BCUT2D eigenvalue weighted by Gasteiger charge is -2.20. The number of pyridine rings is 1. The highest BCUT2D eigenvalue weighted by Crippen LogP contribution is 2.28. The molecule has 0 saturated carbocycles. The molecule has 0 amide bonds. The minimum atomic E-state index is -0.461. The maximum Gasteiger partial charge on any atom is 0.159 e. The molecule has 0 bridgehead atoms. The van der Waals surface area contributed by atoms with E-state index in [0.717, 1.165) is 16.9 Å². The van der Waals surface area contributed by atoms with Gasteiger partial charge in [0.25, 0.3) is 0 Å². The molecule has 1 atom stereocenters. The van der Waals surface area contributed by atoms with Crippen molar-refractivity contribution in [2.45, 2.75) is 18.9 Å². The molecule has 1 heterocycles. The van der Waals surface area contributed by atoms with Crippen molar-refractivity contribution >= 4 is 34.7 Å². The van der Waals surface area contributed by atoms with Crippen LogP contribution in [0.25, 0.3) is 0 Å². The molecule has 2 aromatic carbocycles. The molecule has 26 heavy (non-hydrogen) atoms. The van der Waals surface area contributed by atoms with Gasteiger partial charge in [-0.2, -0.15) is 0 Å². The first-order valence-electron chi connectivity index (χ1n) is 8.32. The molecule has 5 heteroatoms. The summed E-state index contributed by atoms with van der Waals surface area (Å²) in [5, 5.41) is 4.22. The summed E-state index contributed by atoms with van der Waals surface area (Å²) in [6, 6.07) is 20.2. The second-order valence-electron chi connectivity index (χ2n) is 5.90. The van der Waals surface area contributed by atoms with Gasteiger partial charge in [-0.3, -0.25) is 9.78 Å². The lowest BCUT2D eigenvalue weighted by molar-refractivity contribution is -0.119. The van der Waals surface area contributed by atoms with Gasteiger partial charge in [0.1, 0.15) is 6.04 Å². The van der Waals surface area contributed by atoms with E-state index in [9.17, 15) is 4.79 Å². The molecule has 0 spiro atoms. The number of hydrogen-bond donors (Lipinski definition) is 1. The van der Waals surface area contributed by atoms with Crippen molar-refractivity contribution < 1.29 is 4.79 Å². The van der Waals surface area contributed by atoms with Gasteiger partial charge in [-0.1, -0.05) is 59.6 Å². The zero-order valence-corrected chi connectivity index (χ0v) is 15.5. The van der Waals surface area contributed by atoms with Crippen LogP contribution in [0.3, 0.4) is 0 Å². The van der Waals surface area contributed by atoms with Gasteiger partial charge in [-0.05, 0) is 42.3 Å². The number of aryl methyl sites for hydroxylation is 1. The molecule has 1 aromatic heterocycles. The second kappa shape index (κ2) is 8.84. The highest BCUT2D eigenvalue weighted by Gasteiger charge is 2.20. The van der Waals surface area contributed by atoms with Crippen LogP contribution in [0, 0.1) is 0 Å². The molecule has 3 aromatic rings. The third-order valence-corrected chi connectivity index (χ3v) is 4.78. The lowest BCUT2D eigenvalue weighted by Crippen LogP contribution is -2.21. The van der Waals surface area contributed by atoms with E-state index in [1.54, 1.807) is 18.3 Å². The molecule has 0 fully saturated rings. The van der Waals surface area contributed by atoms with Crippen molar-refractivity contribution in [2.24, 2.45) is 0 Å². The molecule has 132 valence electrons. The highest BCUT2D eigenvalue weighted by atomic mass is 35.5. The Labute approximate surface area is 163 Å². The van der Waals surface area contributed by atoms with Crippen LogP contribution in [0.1, 0.15) is 23.7 Å². The van der Waals surface area contributed by atoms with Crippen molar-refractivity contribution in [3.8, 4) is 0 Å². The van der Waals surface area contributed by atoms with Crippen molar-refractivity contribution in [3.63, 3.8) is 0 Å². The van der Waals surface area contributed by atoms with Crippen LogP contribution in [-0.4, -0.2) is 10.8 Å². The number of benzene rings is 2. The molecule has 0 aliphatic carbocycles. The van der Waals surface area contributed by atoms with Crippen molar-refractivity contribution in [1.82, 2.24) is 4.98 Å². The molecule has 1 N–H and O–H groups in total. The Morgan fingerprint density at radius 1 is 0.962 bits per heavy atom. The fourth-order valence-electron chi connectivity index (χ4n) is 2.69. The van der Waals surface area contributed by atoms with Crippen LogP contribution in [-0.2, 0) is 11.2 Å². The lowest BCUT2D eigenvalue weighted by atomic mass is 9.98. The van der Waals surface area contributed by atoms with E-state index in [4.69, 9.17) is 23.2 Å². The molecule has 0 aliphatic rings. The van der Waals surface area contributed by atoms with Gasteiger partial charge in [0, 0.05) is 24.0 Å². The third kappa shape index (κ3) is 4.84. The maximum atomic E-state index is 12.9. The van der Waals surface area contributed by atoms with Gasteiger partial charge in [-0.25, -0.2) is 0 Å². The number of hydrogen-bond acceptors (Lipinski definition) is 3. The van der Waals surface area contributed by atoms with Gasteiger partial charge in [0.05, 0.1) is 10.0 Å². The van der Waals surface area contributed by atoms with Crippen LogP contribution in [0.2, 0.25) is 10.0 Å². The Kier molecular flexibility index (Phi) is 6.26. The second-order valence-corrected chi connectivity index (χ2v) is 6.72. The number of aromatic nitrogens is 1. The molecule has 3 nitrogen and oxygen atoms in total. The normalized spacial score (nSPS) is 11.8. The average molecular weight is 385 g/mol. The summed E-state index contributed by atoms with van der Waals surface area (Å²) in [6.07, 6.45) is 2.74. The zero-order chi connectivity index (χ0) is 18.4. The van der Waals surface area contributed by atoms with Gasteiger partial charge < -0.3 is 5.32 Å². The smallest absolute Gasteiger partial charge is 0.159 e. The van der Waals surface area contributed by atoms with Crippen LogP contribution < -0.4 is 5.32 Å². The molecule has 0 aliphatic heterocycles. The predicted molar refractivity (Wildman–Crippen MR) is 107 cm³/mol. The quantitative estimate of drug-likeness (QED) is 0.564. The number of halogens is 2. The van der Waals surface area contributed by atoms with E-state index in [1.807, 2.05) is 54.6 Å². The van der Waals surface area contributed by atoms with E-state index in [-0.39, 0.29) is 5.78 Å². The first-order valence-corrected chi connectivity index (χ1v) is 9.08. The average Bonchev–Trinajstić information content (AvgIpc) is 2.68. The first-order chi connectivity index (χ1) is 12.6. The highest BCUT2D eigenvalue weighted by molar-refractivity contribution is 6.42. The van der Waals surface area contributed by atoms with E-state index >= 15 is 0 Å². The Morgan fingerprint density at radius 3 is 2.42 bits per heavy atom. The number of Topliss-reactive ketones (excluding diaryl/α,β-unsaturated/α-hetero) is 1. The number of nitrogens with one attached hydrogen (secondary N) is 1. The molecular formula is C21H18Cl2N2O. The predicted octanol–water partition coefficient (Wildman–Crippen LogP) is 5.74. The van der Waals surface area contributed by atoms with Crippen LogP contribution in [0.5, 0.6) is 0 Å².